The highest BCUT2D eigenvalue weighted by Gasteiger charge is 2.41. The molecule has 0 aliphatic heterocycles. The van der Waals surface area contributed by atoms with Gasteiger partial charge in [0.15, 0.2) is 5.69 Å². The smallest absolute Gasteiger partial charge is 0.435 e. The number of nitrogens with zero attached hydrogens (tertiary/aromatic N) is 3. The maximum absolute atomic E-state index is 12.6. The van der Waals surface area contributed by atoms with Crippen LogP contribution in [0.4, 0.5) is 13.2 Å². The number of carboxylic acid groups (broad SMARTS) is 1. The SMILES string of the molecule is CC(CO)Cn1nnc(C(=O)O)c1C(F)(F)F. The van der Waals surface area contributed by atoms with Crippen molar-refractivity contribution < 1.29 is 28.2 Å². The monoisotopic (exact) mass is 253 g/mol. The minimum absolute atomic E-state index is 0.258. The lowest BCUT2D eigenvalue weighted by molar-refractivity contribution is -0.145. The lowest BCUT2D eigenvalue weighted by Gasteiger charge is -2.12. The Hall–Kier alpha value is -1.64. The summed E-state index contributed by atoms with van der Waals surface area (Å²) in [7, 11) is 0. The molecule has 1 rings (SSSR count). The largest absolute Gasteiger partial charge is 0.476 e. The first-order valence-electron chi connectivity index (χ1n) is 4.62. The molecule has 0 fully saturated rings. The second-order valence-electron chi connectivity index (χ2n) is 3.56. The fourth-order valence-electron chi connectivity index (χ4n) is 1.22. The standard InChI is InChI=1S/C8H10F3N3O3/c1-4(3-15)2-14-6(8(9,10)11)5(7(16)17)12-13-14/h4,15H,2-3H2,1H3,(H,16,17). The quantitative estimate of drug-likeness (QED) is 0.821. The van der Waals surface area contributed by atoms with Crippen molar-refractivity contribution in [1.82, 2.24) is 15.0 Å². The Kier molecular flexibility index (Phi) is 3.71. The van der Waals surface area contributed by atoms with Crippen LogP contribution in [-0.4, -0.2) is 37.8 Å². The maximum atomic E-state index is 12.6. The molecule has 9 heteroatoms. The summed E-state index contributed by atoms with van der Waals surface area (Å²) in [5.41, 5.74) is -2.55. The molecule has 0 saturated carbocycles. The summed E-state index contributed by atoms with van der Waals surface area (Å²) in [6.45, 7) is 0.910. The van der Waals surface area contributed by atoms with E-state index in [4.69, 9.17) is 10.2 Å². The highest BCUT2D eigenvalue weighted by molar-refractivity contribution is 5.86. The molecule has 17 heavy (non-hydrogen) atoms. The molecular weight excluding hydrogens is 243 g/mol. The van der Waals surface area contributed by atoms with Gasteiger partial charge in [-0.15, -0.1) is 5.10 Å². The van der Waals surface area contributed by atoms with Crippen LogP contribution in [0.25, 0.3) is 0 Å². The molecule has 6 nitrogen and oxygen atoms in total. The van der Waals surface area contributed by atoms with Gasteiger partial charge in [0.1, 0.15) is 0 Å². The average Bonchev–Trinajstić information content (AvgIpc) is 2.60. The second kappa shape index (κ2) is 4.70. The predicted molar refractivity (Wildman–Crippen MR) is 48.2 cm³/mol. The number of hydrogen-bond acceptors (Lipinski definition) is 4. The molecule has 0 aliphatic carbocycles. The maximum Gasteiger partial charge on any atom is 0.435 e. The van der Waals surface area contributed by atoms with Crippen LogP contribution in [0.15, 0.2) is 0 Å². The molecule has 96 valence electrons. The number of halogens is 3. The molecule has 0 amide bonds. The van der Waals surface area contributed by atoms with Gasteiger partial charge in [-0.2, -0.15) is 13.2 Å². The normalized spacial score (nSPS) is 13.7. The zero-order valence-electron chi connectivity index (χ0n) is 8.77. The van der Waals surface area contributed by atoms with Crippen LogP contribution in [0.3, 0.4) is 0 Å². The summed E-state index contributed by atoms with van der Waals surface area (Å²) in [6.07, 6.45) is -4.85. The summed E-state index contributed by atoms with van der Waals surface area (Å²) in [4.78, 5) is 10.6. The van der Waals surface area contributed by atoms with E-state index in [1.54, 1.807) is 0 Å². The predicted octanol–water partition coefficient (Wildman–Crippen LogP) is 0.624. The first-order valence-corrected chi connectivity index (χ1v) is 4.62. The number of aromatic carboxylic acids is 1. The topological polar surface area (TPSA) is 88.2 Å². The zero-order chi connectivity index (χ0) is 13.2. The number of hydrogen-bond donors (Lipinski definition) is 2. The van der Waals surface area contributed by atoms with Gasteiger partial charge in [0.05, 0.1) is 0 Å². The van der Waals surface area contributed by atoms with Gasteiger partial charge in [-0.25, -0.2) is 9.48 Å². The minimum atomic E-state index is -4.85. The van der Waals surface area contributed by atoms with E-state index >= 15 is 0 Å². The molecule has 1 heterocycles. The van der Waals surface area contributed by atoms with Crippen LogP contribution in [0.2, 0.25) is 0 Å². The minimum Gasteiger partial charge on any atom is -0.476 e. The van der Waals surface area contributed by atoms with E-state index in [2.05, 4.69) is 10.3 Å². The molecule has 0 aromatic carbocycles. The Labute approximate surface area is 93.7 Å². The highest BCUT2D eigenvalue weighted by Crippen LogP contribution is 2.31. The number of aliphatic hydroxyl groups is 1. The summed E-state index contributed by atoms with van der Waals surface area (Å²) in [5.74, 6) is -2.28. The van der Waals surface area contributed by atoms with E-state index in [1.807, 2.05) is 0 Å². The molecule has 0 radical (unpaired) electrons. The van der Waals surface area contributed by atoms with Crippen LogP contribution in [0, 0.1) is 5.92 Å². The van der Waals surface area contributed by atoms with E-state index in [0.29, 0.717) is 4.68 Å². The molecule has 2 N–H and O–H groups in total. The third kappa shape index (κ3) is 2.93. The van der Waals surface area contributed by atoms with Crippen molar-refractivity contribution in [1.29, 1.82) is 0 Å². The van der Waals surface area contributed by atoms with Crippen LogP contribution in [0.5, 0.6) is 0 Å². The van der Waals surface area contributed by atoms with Gasteiger partial charge in [-0.1, -0.05) is 12.1 Å². The number of carboxylic acids is 1. The fourth-order valence-corrected chi connectivity index (χ4v) is 1.22. The Morgan fingerprint density at radius 2 is 2.12 bits per heavy atom. The van der Waals surface area contributed by atoms with Crippen LogP contribution < -0.4 is 0 Å². The molecule has 1 atom stereocenters. The van der Waals surface area contributed by atoms with Crippen LogP contribution in [0.1, 0.15) is 23.1 Å². The van der Waals surface area contributed by atoms with E-state index in [1.165, 1.54) is 6.92 Å². The summed E-state index contributed by atoms with van der Waals surface area (Å²) in [5, 5.41) is 23.4. The third-order valence-corrected chi connectivity index (χ3v) is 2.00. The summed E-state index contributed by atoms with van der Waals surface area (Å²) < 4.78 is 38.3. The van der Waals surface area contributed by atoms with Gasteiger partial charge in [0, 0.05) is 13.2 Å². The summed E-state index contributed by atoms with van der Waals surface area (Å²) in [6, 6.07) is 0. The van der Waals surface area contributed by atoms with Gasteiger partial charge < -0.3 is 10.2 Å². The molecule has 0 spiro atoms. The molecule has 0 saturated heterocycles. The average molecular weight is 253 g/mol. The van der Waals surface area contributed by atoms with Crippen molar-refractivity contribution >= 4 is 5.97 Å². The van der Waals surface area contributed by atoms with Gasteiger partial charge in [0.25, 0.3) is 0 Å². The fraction of sp³-hybridized carbons (Fsp3) is 0.625. The first-order chi connectivity index (χ1) is 7.77. The number of alkyl halides is 3. The molecule has 1 aromatic heterocycles. The lowest BCUT2D eigenvalue weighted by atomic mass is 10.2. The molecule has 1 unspecified atom stereocenters. The number of aliphatic hydroxyl groups excluding tert-OH is 1. The van der Waals surface area contributed by atoms with Crippen molar-refractivity contribution in [3.63, 3.8) is 0 Å². The molecule has 0 bridgehead atoms. The molecular formula is C8H10F3N3O3. The Morgan fingerprint density at radius 3 is 2.53 bits per heavy atom. The van der Waals surface area contributed by atoms with E-state index in [9.17, 15) is 18.0 Å². The number of aromatic nitrogens is 3. The summed E-state index contributed by atoms with van der Waals surface area (Å²) >= 11 is 0. The van der Waals surface area contributed by atoms with Gasteiger partial charge in [-0.3, -0.25) is 0 Å². The third-order valence-electron chi connectivity index (χ3n) is 2.00. The highest BCUT2D eigenvalue weighted by atomic mass is 19.4. The van der Waals surface area contributed by atoms with E-state index < -0.39 is 29.5 Å². The Balaban J connectivity index is 3.19. The number of carbonyl (C=O) groups is 1. The van der Waals surface area contributed by atoms with Crippen molar-refractivity contribution in [2.45, 2.75) is 19.6 Å². The first kappa shape index (κ1) is 13.4. The van der Waals surface area contributed by atoms with E-state index in [-0.39, 0.29) is 13.2 Å². The van der Waals surface area contributed by atoms with E-state index in [0.717, 1.165) is 0 Å². The molecule has 0 aliphatic rings. The van der Waals surface area contributed by atoms with Crippen molar-refractivity contribution in [2.24, 2.45) is 5.92 Å². The Bertz CT molecular complexity index is 416. The van der Waals surface area contributed by atoms with Crippen LogP contribution in [-0.2, 0) is 12.7 Å². The van der Waals surface area contributed by atoms with Crippen molar-refractivity contribution in [3.8, 4) is 0 Å². The van der Waals surface area contributed by atoms with Gasteiger partial charge in [0.2, 0.25) is 5.69 Å². The van der Waals surface area contributed by atoms with Gasteiger partial charge in [-0.05, 0) is 5.92 Å². The number of rotatable bonds is 4. The zero-order valence-corrected chi connectivity index (χ0v) is 8.77. The Morgan fingerprint density at radius 1 is 1.53 bits per heavy atom. The molecule has 1 aromatic rings. The lowest BCUT2D eigenvalue weighted by Crippen LogP contribution is -2.21. The van der Waals surface area contributed by atoms with Crippen molar-refractivity contribution in [3.05, 3.63) is 11.4 Å². The van der Waals surface area contributed by atoms with Gasteiger partial charge >= 0.3 is 12.1 Å². The van der Waals surface area contributed by atoms with Crippen molar-refractivity contribution in [2.75, 3.05) is 6.61 Å². The van der Waals surface area contributed by atoms with Crippen LogP contribution >= 0.6 is 0 Å². The second-order valence-corrected chi connectivity index (χ2v) is 3.56.